The zero-order valence-corrected chi connectivity index (χ0v) is 23.5. The Morgan fingerprint density at radius 3 is 2.50 bits per heavy atom. The molecule has 0 saturated carbocycles. The number of carbonyl (C=O) groups is 3. The Labute approximate surface area is 233 Å². The standard InChI is InChI=1S/C29H27N3O7S/c1-6-31-19-11-9-8-10-18(19)23(26(31)34)25-27(35)32-24(17-12-13-20(39-16(4)33)21(14-17)37-5)22(28(36)38-7-2)15(3)30-29(32)40-25/h8-14,24H,6-7H2,1-5H3/b25-23-/t24-/m1/s1. The van der Waals surface area contributed by atoms with E-state index in [1.165, 1.54) is 18.6 Å². The van der Waals surface area contributed by atoms with Gasteiger partial charge < -0.3 is 19.1 Å². The number of rotatable bonds is 6. The van der Waals surface area contributed by atoms with E-state index in [1.807, 2.05) is 31.2 Å². The van der Waals surface area contributed by atoms with Crippen molar-refractivity contribution in [2.24, 2.45) is 4.99 Å². The van der Waals surface area contributed by atoms with Crippen LogP contribution >= 0.6 is 11.3 Å². The molecule has 0 N–H and O–H groups in total. The summed E-state index contributed by atoms with van der Waals surface area (Å²) in [6, 6.07) is 11.2. The number of carbonyl (C=O) groups excluding carboxylic acids is 3. The molecule has 1 amide bonds. The summed E-state index contributed by atoms with van der Waals surface area (Å²) >= 11 is 1.10. The zero-order chi connectivity index (χ0) is 28.7. The molecular weight excluding hydrogens is 534 g/mol. The minimum atomic E-state index is -0.932. The van der Waals surface area contributed by atoms with Crippen molar-refractivity contribution in [3.05, 3.63) is 84.5 Å². The summed E-state index contributed by atoms with van der Waals surface area (Å²) in [5.74, 6) is -0.965. The second-order valence-electron chi connectivity index (χ2n) is 9.07. The molecular formula is C29H27N3O7S. The third-order valence-corrected chi connectivity index (χ3v) is 7.77. The lowest BCUT2D eigenvalue weighted by Crippen LogP contribution is -2.41. The van der Waals surface area contributed by atoms with Crippen molar-refractivity contribution in [2.75, 3.05) is 25.2 Å². The number of hydrogen-bond donors (Lipinski definition) is 0. The van der Waals surface area contributed by atoms with Crippen LogP contribution in [0.25, 0.3) is 5.57 Å². The van der Waals surface area contributed by atoms with E-state index in [2.05, 4.69) is 4.99 Å². The Morgan fingerprint density at radius 2 is 1.82 bits per heavy atom. The predicted octanol–water partition coefficient (Wildman–Crippen LogP) is 2.47. The van der Waals surface area contributed by atoms with Crippen LogP contribution in [0.15, 0.2) is 63.5 Å². The number of nitrogens with zero attached hydrogens (tertiary/aromatic N) is 3. The Morgan fingerprint density at radius 1 is 1.07 bits per heavy atom. The van der Waals surface area contributed by atoms with E-state index >= 15 is 0 Å². The second-order valence-corrected chi connectivity index (χ2v) is 10.0. The van der Waals surface area contributed by atoms with Gasteiger partial charge in [0.15, 0.2) is 16.3 Å². The Kier molecular flexibility index (Phi) is 7.16. The summed E-state index contributed by atoms with van der Waals surface area (Å²) in [6.07, 6.45) is 0. The third kappa shape index (κ3) is 4.32. The van der Waals surface area contributed by atoms with Gasteiger partial charge in [-0.2, -0.15) is 0 Å². The largest absolute Gasteiger partial charge is 0.493 e. The molecule has 11 heteroatoms. The van der Waals surface area contributed by atoms with E-state index in [9.17, 15) is 19.2 Å². The van der Waals surface area contributed by atoms with Gasteiger partial charge in [-0.15, -0.1) is 0 Å². The molecule has 1 aromatic heterocycles. The van der Waals surface area contributed by atoms with Crippen LogP contribution in [0, 0.1) is 0 Å². The Balaban J connectivity index is 1.80. The van der Waals surface area contributed by atoms with Crippen molar-refractivity contribution < 1.29 is 28.6 Å². The molecule has 0 saturated heterocycles. The second kappa shape index (κ2) is 10.6. The number of para-hydroxylation sites is 1. The molecule has 5 rings (SSSR count). The van der Waals surface area contributed by atoms with E-state index in [-0.39, 0.29) is 34.1 Å². The van der Waals surface area contributed by atoms with Crippen LogP contribution in [-0.4, -0.2) is 42.7 Å². The highest BCUT2D eigenvalue weighted by Gasteiger charge is 2.37. The van der Waals surface area contributed by atoms with Crippen molar-refractivity contribution in [3.63, 3.8) is 0 Å². The van der Waals surface area contributed by atoms with Crippen LogP contribution in [0.5, 0.6) is 11.5 Å². The van der Waals surface area contributed by atoms with Gasteiger partial charge in [0.25, 0.3) is 11.5 Å². The molecule has 0 fully saturated rings. The molecule has 0 radical (unpaired) electrons. The number of ether oxygens (including phenoxy) is 3. The number of aromatic nitrogens is 1. The number of fused-ring (bicyclic) bond motifs is 2. The molecule has 0 aliphatic carbocycles. The molecule has 2 aliphatic rings. The number of methoxy groups -OCH3 is 1. The maximum atomic E-state index is 14.2. The van der Waals surface area contributed by atoms with Gasteiger partial charge >= 0.3 is 11.9 Å². The number of benzene rings is 2. The van der Waals surface area contributed by atoms with Crippen molar-refractivity contribution in [1.82, 2.24) is 4.57 Å². The molecule has 40 heavy (non-hydrogen) atoms. The average molecular weight is 562 g/mol. The number of allylic oxidation sites excluding steroid dienone is 1. The normalized spacial score (nSPS) is 17.3. The first-order chi connectivity index (χ1) is 19.2. The highest BCUT2D eigenvalue weighted by molar-refractivity contribution is 7.07. The van der Waals surface area contributed by atoms with Gasteiger partial charge in [-0.3, -0.25) is 19.0 Å². The minimum Gasteiger partial charge on any atom is -0.493 e. The molecule has 0 bridgehead atoms. The van der Waals surface area contributed by atoms with Crippen LogP contribution in [0.4, 0.5) is 5.69 Å². The summed E-state index contributed by atoms with van der Waals surface area (Å²) in [5.41, 5.74) is 2.34. The van der Waals surface area contributed by atoms with Crippen LogP contribution in [0.3, 0.4) is 0 Å². The SMILES string of the molecule is CCOC(=O)C1=C(C)N=c2s/c(=C3\C(=O)N(CC)c4ccccc43)c(=O)n2[C@@H]1c1ccc(OC(C)=O)c(OC)c1. The number of amides is 1. The molecule has 0 unspecified atom stereocenters. The van der Waals surface area contributed by atoms with Gasteiger partial charge in [-0.1, -0.05) is 35.6 Å². The predicted molar refractivity (Wildman–Crippen MR) is 148 cm³/mol. The van der Waals surface area contributed by atoms with E-state index in [0.29, 0.717) is 33.7 Å². The summed E-state index contributed by atoms with van der Waals surface area (Å²) < 4.78 is 17.7. The fourth-order valence-corrected chi connectivity index (χ4v) is 6.20. The molecule has 2 aliphatic heterocycles. The van der Waals surface area contributed by atoms with Crippen molar-refractivity contribution in [2.45, 2.75) is 33.7 Å². The van der Waals surface area contributed by atoms with Crippen LogP contribution in [0.1, 0.15) is 44.9 Å². The molecule has 206 valence electrons. The first-order valence-corrected chi connectivity index (χ1v) is 13.5. The lowest BCUT2D eigenvalue weighted by atomic mass is 9.95. The van der Waals surface area contributed by atoms with E-state index < -0.39 is 23.5 Å². The number of thiazole rings is 1. The highest BCUT2D eigenvalue weighted by atomic mass is 32.1. The van der Waals surface area contributed by atoms with Gasteiger partial charge in [0.05, 0.1) is 42.3 Å². The Hall–Kier alpha value is -4.51. The maximum Gasteiger partial charge on any atom is 0.338 e. The summed E-state index contributed by atoms with van der Waals surface area (Å²) in [6.45, 7) is 7.10. The fraction of sp³-hybridized carbons (Fsp3) is 0.276. The monoisotopic (exact) mass is 561 g/mol. The molecule has 10 nitrogen and oxygen atoms in total. The maximum absolute atomic E-state index is 14.2. The molecule has 0 spiro atoms. The summed E-state index contributed by atoms with van der Waals surface area (Å²) in [5, 5.41) is 0. The number of esters is 2. The molecule has 3 aromatic rings. The lowest BCUT2D eigenvalue weighted by Gasteiger charge is -2.25. The van der Waals surface area contributed by atoms with Crippen molar-refractivity contribution in [3.8, 4) is 11.5 Å². The lowest BCUT2D eigenvalue weighted by molar-refractivity contribution is -0.139. The zero-order valence-electron chi connectivity index (χ0n) is 22.6. The topological polar surface area (TPSA) is 117 Å². The first-order valence-electron chi connectivity index (χ1n) is 12.7. The highest BCUT2D eigenvalue weighted by Crippen LogP contribution is 2.37. The van der Waals surface area contributed by atoms with Gasteiger partial charge in [0.1, 0.15) is 4.53 Å². The van der Waals surface area contributed by atoms with Crippen molar-refractivity contribution >= 4 is 40.4 Å². The van der Waals surface area contributed by atoms with Gasteiger partial charge in [-0.05, 0) is 44.5 Å². The Bertz CT molecular complexity index is 1780. The van der Waals surface area contributed by atoms with Gasteiger partial charge in [-0.25, -0.2) is 9.79 Å². The van der Waals surface area contributed by atoms with Crippen molar-refractivity contribution in [1.29, 1.82) is 0 Å². The first kappa shape index (κ1) is 27.1. The molecule has 2 aromatic carbocycles. The van der Waals surface area contributed by atoms with Crippen LogP contribution < -0.4 is 29.3 Å². The number of hydrogen-bond acceptors (Lipinski definition) is 9. The third-order valence-electron chi connectivity index (χ3n) is 6.72. The minimum absolute atomic E-state index is 0.129. The average Bonchev–Trinajstić information content (AvgIpc) is 3.39. The number of likely N-dealkylation sites (N-methyl/N-ethyl adjacent to an activating group) is 1. The van der Waals surface area contributed by atoms with Crippen LogP contribution in [0.2, 0.25) is 0 Å². The smallest absolute Gasteiger partial charge is 0.338 e. The van der Waals surface area contributed by atoms with Gasteiger partial charge in [0.2, 0.25) is 0 Å². The quantitative estimate of drug-likeness (QED) is 0.335. The summed E-state index contributed by atoms with van der Waals surface area (Å²) in [7, 11) is 1.43. The van der Waals surface area contributed by atoms with Crippen LogP contribution in [-0.2, 0) is 19.1 Å². The summed E-state index contributed by atoms with van der Waals surface area (Å²) in [4.78, 5) is 59.1. The number of anilines is 1. The van der Waals surface area contributed by atoms with E-state index in [4.69, 9.17) is 14.2 Å². The van der Waals surface area contributed by atoms with E-state index in [1.54, 1.807) is 36.9 Å². The van der Waals surface area contributed by atoms with Gasteiger partial charge in [0, 0.05) is 19.0 Å². The fourth-order valence-electron chi connectivity index (χ4n) is 5.06. The van der Waals surface area contributed by atoms with E-state index in [0.717, 1.165) is 17.0 Å². The molecule has 3 heterocycles. The molecule has 1 atom stereocenters.